The molecule has 0 bridgehead atoms. The van der Waals surface area contributed by atoms with Crippen LogP contribution in [0.15, 0.2) is 133 Å². The van der Waals surface area contributed by atoms with Crippen LogP contribution in [0.1, 0.15) is 180 Å². The predicted molar refractivity (Wildman–Crippen MR) is 284 cm³/mol. The molecule has 2 heterocycles. The van der Waals surface area contributed by atoms with E-state index in [0.717, 1.165) is 6.42 Å². The molecule has 2 atom stereocenters. The number of hydrogen-bond donors (Lipinski definition) is 0. The summed E-state index contributed by atoms with van der Waals surface area (Å²) in [5.74, 6) is 0.150. The van der Waals surface area contributed by atoms with Gasteiger partial charge in [0.05, 0.1) is 0 Å². The number of rotatable bonds is 4. The minimum Gasteiger partial charge on any atom is -0.0660 e. The summed E-state index contributed by atoms with van der Waals surface area (Å²) in [4.78, 5) is 0. The van der Waals surface area contributed by atoms with E-state index in [1.54, 1.807) is 11.1 Å². The van der Waals surface area contributed by atoms with E-state index in [1.165, 1.54) is 113 Å². The van der Waals surface area contributed by atoms with E-state index in [-0.39, 0.29) is 45.6 Å². The van der Waals surface area contributed by atoms with Crippen LogP contribution < -0.4 is 16.4 Å². The predicted octanol–water partition coefficient (Wildman–Crippen LogP) is 14.7. The number of aryl methyl sites for hydroxylation is 2. The minimum atomic E-state index is 0.0157. The Balaban J connectivity index is 1.27. The summed E-state index contributed by atoms with van der Waals surface area (Å²) in [6.07, 6.45) is 3.54. The van der Waals surface area contributed by atoms with Gasteiger partial charge in [-0.2, -0.15) is 0 Å². The summed E-state index contributed by atoms with van der Waals surface area (Å²) >= 11 is 0. The van der Waals surface area contributed by atoms with Gasteiger partial charge >= 0.3 is 0 Å². The molecule has 332 valence electrons. The Kier molecular flexibility index (Phi) is 9.52. The molecule has 0 N–H and O–H groups in total. The Hall–Kier alpha value is -5.40. The molecule has 7 aromatic rings. The second-order valence-electron chi connectivity index (χ2n) is 24.8. The molecule has 11 rings (SSSR count). The summed E-state index contributed by atoms with van der Waals surface area (Å²) in [6.45, 7) is 31.8. The van der Waals surface area contributed by atoms with Gasteiger partial charge in [-0.15, -0.1) is 0 Å². The van der Waals surface area contributed by atoms with Crippen LogP contribution >= 0.6 is 0 Å². The van der Waals surface area contributed by atoms with Crippen molar-refractivity contribution in [3.05, 3.63) is 206 Å². The first-order valence-corrected chi connectivity index (χ1v) is 25.0. The first kappa shape index (κ1) is 43.2. The maximum Gasteiger partial charge on any atom is 0.242 e. The topological polar surface area (TPSA) is 0 Å². The molecule has 0 amide bonds. The average Bonchev–Trinajstić information content (AvgIpc) is 3.45. The van der Waals surface area contributed by atoms with Gasteiger partial charge in [0.25, 0.3) is 0 Å². The summed E-state index contributed by atoms with van der Waals surface area (Å²) in [5.41, 5.74) is 29.2. The normalized spacial score (nSPS) is 20.2. The zero-order chi connectivity index (χ0) is 46.5. The van der Waals surface area contributed by atoms with Gasteiger partial charge in [0.15, 0.2) is 0 Å². The summed E-state index contributed by atoms with van der Waals surface area (Å²) in [5, 5.41) is 0. The lowest BCUT2D eigenvalue weighted by Crippen LogP contribution is -2.63. The zero-order valence-corrected chi connectivity index (χ0v) is 42.1. The standard InChI is InChI=1S/C65H69B/c1-39-30-50-58(45-26-25-44(61(3,4)5)34-47(45)42-22-18-15-19-23-42)49-36-53-55(63(8,9)29-28-62(53,6)7)37-57(49)66-56-27-24-43(41-20-16-14-17-21-41)33-48(56)59(51(31-39)60(50)66)46-35-54-52(32-40(46)2)64(10,11)38-65(54,12)13/h14-27,30-37,58-59H,28-29,38H2,1-13H3. The summed E-state index contributed by atoms with van der Waals surface area (Å²) < 4.78 is 0. The first-order valence-electron chi connectivity index (χ1n) is 25.0. The Morgan fingerprint density at radius 1 is 0.439 bits per heavy atom. The van der Waals surface area contributed by atoms with Crippen molar-refractivity contribution in [1.82, 2.24) is 0 Å². The molecule has 2 aliphatic carbocycles. The van der Waals surface area contributed by atoms with E-state index in [4.69, 9.17) is 0 Å². The monoisotopic (exact) mass is 861 g/mol. The van der Waals surface area contributed by atoms with E-state index < -0.39 is 0 Å². The quantitative estimate of drug-likeness (QED) is 0.155. The smallest absolute Gasteiger partial charge is 0.0660 e. The molecule has 2 unspecified atom stereocenters. The van der Waals surface area contributed by atoms with Crippen LogP contribution in [0.5, 0.6) is 0 Å². The minimum absolute atomic E-state index is 0.0157. The van der Waals surface area contributed by atoms with Crippen LogP contribution in [-0.4, -0.2) is 6.71 Å². The fourth-order valence-electron chi connectivity index (χ4n) is 13.8. The van der Waals surface area contributed by atoms with Gasteiger partial charge in [0.1, 0.15) is 0 Å². The highest BCUT2D eigenvalue weighted by Crippen LogP contribution is 2.53. The molecule has 0 radical (unpaired) electrons. The highest BCUT2D eigenvalue weighted by Gasteiger charge is 2.49. The Labute approximate surface area is 397 Å². The first-order chi connectivity index (χ1) is 31.1. The Bertz CT molecular complexity index is 3110. The molecular weight excluding hydrogens is 792 g/mol. The van der Waals surface area contributed by atoms with Crippen molar-refractivity contribution in [2.24, 2.45) is 0 Å². The van der Waals surface area contributed by atoms with Crippen molar-refractivity contribution in [3.63, 3.8) is 0 Å². The molecule has 0 aromatic heterocycles. The molecule has 2 aliphatic heterocycles. The van der Waals surface area contributed by atoms with Gasteiger partial charge < -0.3 is 0 Å². The summed E-state index contributed by atoms with van der Waals surface area (Å²) in [7, 11) is 0. The van der Waals surface area contributed by atoms with Gasteiger partial charge in [0, 0.05) is 11.8 Å². The fraction of sp³-hybridized carbons (Fsp3) is 0.354. The van der Waals surface area contributed by atoms with Crippen LogP contribution in [0.2, 0.25) is 0 Å². The average molecular weight is 861 g/mol. The van der Waals surface area contributed by atoms with E-state index in [2.05, 4.69) is 223 Å². The van der Waals surface area contributed by atoms with Crippen LogP contribution in [0.4, 0.5) is 0 Å². The van der Waals surface area contributed by atoms with Crippen molar-refractivity contribution in [3.8, 4) is 22.3 Å². The molecule has 0 spiro atoms. The third kappa shape index (κ3) is 6.60. The van der Waals surface area contributed by atoms with Crippen molar-refractivity contribution in [1.29, 1.82) is 0 Å². The van der Waals surface area contributed by atoms with Gasteiger partial charge in [0.2, 0.25) is 6.71 Å². The third-order valence-electron chi connectivity index (χ3n) is 17.2. The Morgan fingerprint density at radius 3 is 1.59 bits per heavy atom. The van der Waals surface area contributed by atoms with Crippen LogP contribution in [-0.2, 0) is 27.1 Å². The second kappa shape index (κ2) is 14.6. The molecule has 7 aromatic carbocycles. The van der Waals surface area contributed by atoms with Gasteiger partial charge in [-0.3, -0.25) is 0 Å². The highest BCUT2D eigenvalue weighted by molar-refractivity contribution is 6.97. The molecule has 1 heteroatoms. The lowest BCUT2D eigenvalue weighted by atomic mass is 9.28. The van der Waals surface area contributed by atoms with Crippen LogP contribution in [0.25, 0.3) is 22.3 Å². The molecule has 0 nitrogen and oxygen atoms in total. The van der Waals surface area contributed by atoms with E-state index in [1.807, 2.05) is 0 Å². The molecule has 66 heavy (non-hydrogen) atoms. The number of fused-ring (bicyclic) bond motifs is 6. The molecule has 0 saturated heterocycles. The lowest BCUT2D eigenvalue weighted by Gasteiger charge is -2.46. The molecule has 0 fully saturated rings. The zero-order valence-electron chi connectivity index (χ0n) is 42.1. The van der Waals surface area contributed by atoms with Crippen molar-refractivity contribution < 1.29 is 0 Å². The van der Waals surface area contributed by atoms with Crippen LogP contribution in [0, 0.1) is 13.8 Å². The van der Waals surface area contributed by atoms with Gasteiger partial charge in [-0.05, 0) is 149 Å². The molecular formula is C65H69B. The third-order valence-corrected chi connectivity index (χ3v) is 17.2. The molecule has 0 saturated carbocycles. The fourth-order valence-corrected chi connectivity index (χ4v) is 13.8. The number of hydrogen-bond acceptors (Lipinski definition) is 0. The largest absolute Gasteiger partial charge is 0.242 e. The maximum atomic E-state index is 2.74. The van der Waals surface area contributed by atoms with Gasteiger partial charge in [-0.1, -0.05) is 232 Å². The molecule has 4 aliphatic rings. The maximum absolute atomic E-state index is 2.74. The van der Waals surface area contributed by atoms with Crippen molar-refractivity contribution >= 4 is 23.1 Å². The van der Waals surface area contributed by atoms with Gasteiger partial charge in [-0.25, -0.2) is 0 Å². The second-order valence-corrected chi connectivity index (χ2v) is 24.8. The van der Waals surface area contributed by atoms with Crippen molar-refractivity contribution in [2.75, 3.05) is 0 Å². The summed E-state index contributed by atoms with van der Waals surface area (Å²) in [6, 6.07) is 53.3. The van der Waals surface area contributed by atoms with Crippen LogP contribution in [0.3, 0.4) is 0 Å². The van der Waals surface area contributed by atoms with E-state index >= 15 is 0 Å². The van der Waals surface area contributed by atoms with E-state index in [9.17, 15) is 0 Å². The Morgan fingerprint density at radius 2 is 0.970 bits per heavy atom. The lowest BCUT2D eigenvalue weighted by molar-refractivity contribution is 0.332. The van der Waals surface area contributed by atoms with E-state index in [0.29, 0.717) is 0 Å². The number of benzene rings is 7. The SMILES string of the molecule is Cc1cc2c3c(c1)C(c1ccc(C(C)(C)C)cc1-c1ccccc1)c1cc4c(cc1B3c1ccc(-c3ccccc3)cc1C2c1cc2c(cc1C)C(C)(C)CC2(C)C)C(C)(C)CCC4(C)C. The highest BCUT2D eigenvalue weighted by atomic mass is 14.5. The van der Waals surface area contributed by atoms with Crippen molar-refractivity contribution in [2.45, 2.75) is 148 Å².